The molecule has 0 saturated carbocycles. The topological polar surface area (TPSA) is 43.4 Å². The highest BCUT2D eigenvalue weighted by molar-refractivity contribution is 5.85. The Labute approximate surface area is 110 Å². The highest BCUT2D eigenvalue weighted by Gasteiger charge is 2.09. The van der Waals surface area contributed by atoms with Gasteiger partial charge < -0.3 is 4.74 Å². The molecule has 3 heteroatoms. The Morgan fingerprint density at radius 1 is 0.667 bits per heavy atom. The molecule has 0 radical (unpaired) electrons. The molecule has 0 fully saturated rings. The monoisotopic (exact) mass is 252 g/mol. The van der Waals surface area contributed by atoms with Crippen molar-refractivity contribution in [2.24, 2.45) is 0 Å². The third kappa shape index (κ3) is 8.04. The first-order valence-electron chi connectivity index (χ1n) is 7.17. The average Bonchev–Trinajstić information content (AvgIpc) is 2.33. The molecule has 1 heterocycles. The van der Waals surface area contributed by atoms with E-state index in [9.17, 15) is 9.59 Å². The van der Waals surface area contributed by atoms with Crippen molar-refractivity contribution in [1.82, 2.24) is 0 Å². The average molecular weight is 252 g/mol. The lowest BCUT2D eigenvalue weighted by Gasteiger charge is -2.04. The van der Waals surface area contributed by atoms with Crippen LogP contribution in [0.1, 0.15) is 70.6 Å². The van der Waals surface area contributed by atoms with Crippen LogP contribution in [0.5, 0.6) is 0 Å². The van der Waals surface area contributed by atoms with E-state index in [2.05, 4.69) is 6.08 Å². The fourth-order valence-electron chi connectivity index (χ4n) is 2.08. The maximum atomic E-state index is 11.3. The zero-order chi connectivity index (χ0) is 13.1. The summed E-state index contributed by atoms with van der Waals surface area (Å²) < 4.78 is 4.74. The van der Waals surface area contributed by atoms with Gasteiger partial charge in [-0.2, -0.15) is 0 Å². The van der Waals surface area contributed by atoms with Crippen molar-refractivity contribution in [3.8, 4) is 0 Å². The fraction of sp³-hybridized carbons (Fsp3) is 0.733. The predicted octanol–water partition coefficient (Wildman–Crippen LogP) is 3.92. The molecule has 1 aliphatic heterocycles. The number of ether oxygens (including phenoxy) is 1. The first kappa shape index (κ1) is 14.9. The van der Waals surface area contributed by atoms with Crippen molar-refractivity contribution in [1.29, 1.82) is 0 Å². The summed E-state index contributed by atoms with van der Waals surface area (Å²) in [6.45, 7) is 0. The molecule has 0 bridgehead atoms. The zero-order valence-corrected chi connectivity index (χ0v) is 11.2. The van der Waals surface area contributed by atoms with E-state index >= 15 is 0 Å². The van der Waals surface area contributed by atoms with Crippen LogP contribution in [0, 0.1) is 0 Å². The minimum Gasteiger partial charge on any atom is -0.393 e. The highest BCUT2D eigenvalue weighted by Crippen LogP contribution is 2.11. The standard InChI is InChI=1S/C15H24O3/c16-14-12-10-8-6-4-2-1-3-5-7-9-11-13-15(17)18-14/h6,8H,1-5,7,9-13H2/b8-6-. The van der Waals surface area contributed by atoms with Gasteiger partial charge in [-0.15, -0.1) is 0 Å². The maximum absolute atomic E-state index is 11.3. The Kier molecular flexibility index (Phi) is 8.19. The van der Waals surface area contributed by atoms with Gasteiger partial charge >= 0.3 is 11.9 Å². The number of hydrogen-bond acceptors (Lipinski definition) is 3. The summed E-state index contributed by atoms with van der Waals surface area (Å²) >= 11 is 0. The smallest absolute Gasteiger partial charge is 0.313 e. The molecule has 0 spiro atoms. The minimum atomic E-state index is -0.392. The maximum Gasteiger partial charge on any atom is 0.313 e. The molecule has 0 amide bonds. The molecule has 0 aromatic heterocycles. The highest BCUT2D eigenvalue weighted by atomic mass is 16.6. The lowest BCUT2D eigenvalue weighted by Crippen LogP contribution is -2.11. The van der Waals surface area contributed by atoms with Crippen LogP contribution < -0.4 is 0 Å². The summed E-state index contributed by atoms with van der Waals surface area (Å²) in [5.74, 6) is -0.757. The van der Waals surface area contributed by atoms with Crippen LogP contribution in [-0.2, 0) is 14.3 Å². The van der Waals surface area contributed by atoms with Crippen LogP contribution in [-0.4, -0.2) is 11.9 Å². The lowest BCUT2D eigenvalue weighted by molar-refractivity contribution is -0.159. The van der Waals surface area contributed by atoms with Crippen LogP contribution >= 0.6 is 0 Å². The van der Waals surface area contributed by atoms with Gasteiger partial charge in [0, 0.05) is 12.8 Å². The molecule has 0 N–H and O–H groups in total. The Hall–Kier alpha value is -1.12. The third-order valence-electron chi connectivity index (χ3n) is 3.16. The second-order valence-electron chi connectivity index (χ2n) is 4.87. The Bertz CT molecular complexity index is 281. The van der Waals surface area contributed by atoms with E-state index in [1.54, 1.807) is 0 Å². The van der Waals surface area contributed by atoms with Crippen molar-refractivity contribution >= 4 is 11.9 Å². The second-order valence-corrected chi connectivity index (χ2v) is 4.87. The number of carbonyl (C=O) groups is 2. The number of esters is 2. The molecule has 0 unspecified atom stereocenters. The summed E-state index contributed by atoms with van der Waals surface area (Å²) in [4.78, 5) is 22.6. The molecule has 18 heavy (non-hydrogen) atoms. The Morgan fingerprint density at radius 3 is 2.00 bits per heavy atom. The van der Waals surface area contributed by atoms with Gasteiger partial charge in [0.15, 0.2) is 0 Å². The Balaban J connectivity index is 2.31. The summed E-state index contributed by atoms with van der Waals surface area (Å²) in [5.41, 5.74) is 0. The lowest BCUT2D eigenvalue weighted by atomic mass is 10.1. The molecule has 1 rings (SSSR count). The van der Waals surface area contributed by atoms with Gasteiger partial charge in [0.1, 0.15) is 0 Å². The SMILES string of the molecule is O=C1CC/C=C\CCCCCCCCCC(=O)O1. The van der Waals surface area contributed by atoms with Crippen molar-refractivity contribution < 1.29 is 14.3 Å². The zero-order valence-electron chi connectivity index (χ0n) is 11.2. The van der Waals surface area contributed by atoms with Crippen molar-refractivity contribution in [2.75, 3.05) is 0 Å². The predicted molar refractivity (Wildman–Crippen MR) is 71.0 cm³/mol. The number of rotatable bonds is 0. The molecular formula is C15H24O3. The van der Waals surface area contributed by atoms with E-state index in [1.165, 1.54) is 32.1 Å². The largest absolute Gasteiger partial charge is 0.393 e. The van der Waals surface area contributed by atoms with Crippen molar-refractivity contribution in [3.05, 3.63) is 12.2 Å². The number of allylic oxidation sites excluding steroid dienone is 2. The van der Waals surface area contributed by atoms with Crippen LogP contribution in [0.15, 0.2) is 12.2 Å². The van der Waals surface area contributed by atoms with Gasteiger partial charge in [-0.3, -0.25) is 9.59 Å². The molecule has 0 aromatic carbocycles. The van der Waals surface area contributed by atoms with E-state index in [1.807, 2.05) is 6.08 Å². The molecule has 102 valence electrons. The van der Waals surface area contributed by atoms with Gasteiger partial charge in [-0.25, -0.2) is 0 Å². The van der Waals surface area contributed by atoms with Gasteiger partial charge in [0.05, 0.1) is 0 Å². The summed E-state index contributed by atoms with van der Waals surface area (Å²) in [6, 6.07) is 0. The van der Waals surface area contributed by atoms with Gasteiger partial charge in [-0.1, -0.05) is 44.3 Å². The molecular weight excluding hydrogens is 228 g/mol. The van der Waals surface area contributed by atoms with Crippen LogP contribution in [0.2, 0.25) is 0 Å². The molecule has 0 atom stereocenters. The van der Waals surface area contributed by atoms with Gasteiger partial charge in [0.2, 0.25) is 0 Å². The molecule has 0 saturated heterocycles. The summed E-state index contributed by atoms with van der Waals surface area (Å²) in [5, 5.41) is 0. The minimum absolute atomic E-state index is 0.308. The normalized spacial score (nSPS) is 23.3. The van der Waals surface area contributed by atoms with Crippen LogP contribution in [0.3, 0.4) is 0 Å². The first-order valence-corrected chi connectivity index (χ1v) is 7.17. The van der Waals surface area contributed by atoms with E-state index in [0.29, 0.717) is 19.3 Å². The summed E-state index contributed by atoms with van der Waals surface area (Å²) in [7, 11) is 0. The number of carbonyl (C=O) groups excluding carboxylic acids is 2. The van der Waals surface area contributed by atoms with Crippen LogP contribution in [0.25, 0.3) is 0 Å². The van der Waals surface area contributed by atoms with E-state index in [4.69, 9.17) is 4.74 Å². The van der Waals surface area contributed by atoms with Gasteiger partial charge in [0.25, 0.3) is 0 Å². The van der Waals surface area contributed by atoms with E-state index in [-0.39, 0.29) is 5.97 Å². The fourth-order valence-corrected chi connectivity index (χ4v) is 2.08. The first-order chi connectivity index (χ1) is 8.79. The van der Waals surface area contributed by atoms with Crippen LogP contribution in [0.4, 0.5) is 0 Å². The molecule has 0 aromatic rings. The van der Waals surface area contributed by atoms with E-state index < -0.39 is 5.97 Å². The number of hydrogen-bond donors (Lipinski definition) is 0. The quantitative estimate of drug-likeness (QED) is 0.373. The van der Waals surface area contributed by atoms with E-state index in [0.717, 1.165) is 19.3 Å². The van der Waals surface area contributed by atoms with Gasteiger partial charge in [-0.05, 0) is 25.7 Å². The van der Waals surface area contributed by atoms with Crippen molar-refractivity contribution in [3.63, 3.8) is 0 Å². The second kappa shape index (κ2) is 9.86. The molecule has 1 aliphatic rings. The Morgan fingerprint density at radius 2 is 1.22 bits per heavy atom. The van der Waals surface area contributed by atoms with Crippen molar-refractivity contribution in [2.45, 2.75) is 70.6 Å². The third-order valence-corrected chi connectivity index (χ3v) is 3.16. The molecule has 3 nitrogen and oxygen atoms in total. The molecule has 0 aliphatic carbocycles. The number of cyclic esters (lactones) is 2. The summed E-state index contributed by atoms with van der Waals surface area (Å²) in [6.07, 6.45) is 14.7.